The number of nitrogens with zero attached hydrogens (tertiary/aromatic N) is 2. The lowest BCUT2D eigenvalue weighted by Gasteiger charge is -2.21. The van der Waals surface area contributed by atoms with E-state index in [9.17, 15) is 18.8 Å². The molecule has 8 heteroatoms. The van der Waals surface area contributed by atoms with Crippen LogP contribution in [0.1, 0.15) is 40.2 Å². The number of thiazole rings is 1. The Morgan fingerprint density at radius 1 is 1.31 bits per heavy atom. The van der Waals surface area contributed by atoms with E-state index in [0.717, 1.165) is 16.9 Å². The summed E-state index contributed by atoms with van der Waals surface area (Å²) in [6, 6.07) is 4.25. The number of rotatable bonds is 7. The zero-order chi connectivity index (χ0) is 24.2. The average Bonchev–Trinajstić information content (AvgIpc) is 2.96. The minimum Gasteiger partial charge on any atom is -0.337 e. The summed E-state index contributed by atoms with van der Waals surface area (Å²) in [7, 11) is 0. The second-order valence-electron chi connectivity index (χ2n) is 8.60. The van der Waals surface area contributed by atoms with Crippen LogP contribution in [0.5, 0.6) is 0 Å². The number of Topliss-reactive ketones (excluding diaryl/α,β-unsaturated/α-hetero) is 1. The first-order chi connectivity index (χ1) is 14.8. The fourth-order valence-corrected chi connectivity index (χ4v) is 4.08. The first kappa shape index (κ1) is 25.7. The van der Waals surface area contributed by atoms with Gasteiger partial charge in [0, 0.05) is 30.1 Å². The molecule has 5 nitrogen and oxygen atoms in total. The zero-order valence-electron chi connectivity index (χ0n) is 19.0. The largest absolute Gasteiger partial charge is 0.337 e. The van der Waals surface area contributed by atoms with Crippen molar-refractivity contribution in [1.82, 2.24) is 9.47 Å². The van der Waals surface area contributed by atoms with Crippen LogP contribution in [-0.2, 0) is 16.1 Å². The molecule has 1 heterocycles. The quantitative estimate of drug-likeness (QED) is 0.573. The Balaban J connectivity index is 2.69. The number of carbonyl (C=O) groups excluding carboxylic acids is 2. The van der Waals surface area contributed by atoms with Crippen LogP contribution >= 0.6 is 22.9 Å². The third kappa shape index (κ3) is 6.26. The van der Waals surface area contributed by atoms with Crippen LogP contribution in [0.25, 0.3) is 12.2 Å². The van der Waals surface area contributed by atoms with Gasteiger partial charge >= 0.3 is 0 Å². The van der Waals surface area contributed by atoms with E-state index in [1.807, 2.05) is 13.8 Å². The zero-order valence-corrected chi connectivity index (χ0v) is 20.6. The van der Waals surface area contributed by atoms with E-state index >= 15 is 0 Å². The molecule has 0 saturated heterocycles. The smallest absolute Gasteiger partial charge is 0.269 e. The predicted octanol–water partition coefficient (Wildman–Crippen LogP) is 3.35. The Hall–Kier alpha value is -2.51. The van der Waals surface area contributed by atoms with Gasteiger partial charge in [0.05, 0.1) is 9.55 Å². The van der Waals surface area contributed by atoms with Crippen molar-refractivity contribution < 1.29 is 14.0 Å². The van der Waals surface area contributed by atoms with Gasteiger partial charge in [-0.1, -0.05) is 50.6 Å². The molecule has 2 aromatic rings. The summed E-state index contributed by atoms with van der Waals surface area (Å²) in [5.74, 6) is -1.03. The average molecular weight is 479 g/mol. The SMILES string of the molecule is C=C(C)CN(CC)C(=O)Cn1c(=O)/c(=C\c2c(F)cccc2Cl)s/c1=C\C(=O)C(C)(C)C. The van der Waals surface area contributed by atoms with Crippen LogP contribution in [0.3, 0.4) is 0 Å². The molecule has 0 spiro atoms. The van der Waals surface area contributed by atoms with Crippen molar-refractivity contribution in [2.45, 2.75) is 41.2 Å². The number of carbonyl (C=O) groups is 2. The maximum atomic E-state index is 14.3. The molecule has 0 atom stereocenters. The van der Waals surface area contributed by atoms with Crippen LogP contribution in [0.2, 0.25) is 5.02 Å². The molecular weight excluding hydrogens is 451 g/mol. The van der Waals surface area contributed by atoms with E-state index in [1.54, 1.807) is 25.7 Å². The van der Waals surface area contributed by atoms with Crippen LogP contribution < -0.4 is 14.8 Å². The highest BCUT2D eigenvalue weighted by molar-refractivity contribution is 7.07. The molecule has 0 aliphatic rings. The van der Waals surface area contributed by atoms with E-state index < -0.39 is 16.8 Å². The lowest BCUT2D eigenvalue weighted by Crippen LogP contribution is -2.41. The highest BCUT2D eigenvalue weighted by Gasteiger charge is 2.21. The molecule has 0 unspecified atom stereocenters. The molecule has 0 aliphatic heterocycles. The summed E-state index contributed by atoms with van der Waals surface area (Å²) >= 11 is 7.13. The van der Waals surface area contributed by atoms with E-state index in [4.69, 9.17) is 11.6 Å². The predicted molar refractivity (Wildman–Crippen MR) is 129 cm³/mol. The normalized spacial score (nSPS) is 12.8. The van der Waals surface area contributed by atoms with Crippen molar-refractivity contribution in [2.75, 3.05) is 13.1 Å². The van der Waals surface area contributed by atoms with Gasteiger partial charge in [-0.05, 0) is 32.1 Å². The van der Waals surface area contributed by atoms with Gasteiger partial charge in [0.2, 0.25) is 5.91 Å². The number of aromatic nitrogens is 1. The van der Waals surface area contributed by atoms with Crippen molar-refractivity contribution in [3.05, 3.63) is 66.3 Å². The van der Waals surface area contributed by atoms with Gasteiger partial charge in [0.25, 0.3) is 5.56 Å². The lowest BCUT2D eigenvalue weighted by molar-refractivity contribution is -0.131. The maximum Gasteiger partial charge on any atom is 0.269 e. The first-order valence-electron chi connectivity index (χ1n) is 10.2. The molecular formula is C24H28ClFN2O3S. The fraction of sp³-hybridized carbons (Fsp3) is 0.375. The number of hydrogen-bond donors (Lipinski definition) is 0. The molecule has 0 radical (unpaired) electrons. The van der Waals surface area contributed by atoms with Crippen molar-refractivity contribution in [3.63, 3.8) is 0 Å². The number of likely N-dealkylation sites (N-methyl/N-ethyl adjacent to an activating group) is 1. The Morgan fingerprint density at radius 2 is 1.97 bits per heavy atom. The van der Waals surface area contributed by atoms with Crippen molar-refractivity contribution in [3.8, 4) is 0 Å². The lowest BCUT2D eigenvalue weighted by atomic mass is 9.91. The summed E-state index contributed by atoms with van der Waals surface area (Å²) in [4.78, 5) is 40.3. The Kier molecular flexibility index (Phi) is 8.37. The summed E-state index contributed by atoms with van der Waals surface area (Å²) in [6.07, 6.45) is 2.73. The topological polar surface area (TPSA) is 59.4 Å². The molecule has 172 valence electrons. The van der Waals surface area contributed by atoms with E-state index in [0.29, 0.717) is 17.8 Å². The highest BCUT2D eigenvalue weighted by atomic mass is 35.5. The molecule has 0 saturated carbocycles. The van der Waals surface area contributed by atoms with Gasteiger partial charge < -0.3 is 4.90 Å². The summed E-state index contributed by atoms with van der Waals surface area (Å²) in [5, 5.41) is 0.162. The fourth-order valence-electron chi connectivity index (χ4n) is 2.84. The molecule has 0 aliphatic carbocycles. The monoisotopic (exact) mass is 478 g/mol. The minimum absolute atomic E-state index is 0.0807. The minimum atomic E-state index is -0.664. The molecule has 2 rings (SSSR count). The van der Waals surface area contributed by atoms with Crippen molar-refractivity contribution in [2.24, 2.45) is 5.41 Å². The van der Waals surface area contributed by atoms with Gasteiger partial charge in [0.1, 0.15) is 17.0 Å². The van der Waals surface area contributed by atoms with Crippen molar-refractivity contribution >= 4 is 46.8 Å². The number of hydrogen-bond acceptors (Lipinski definition) is 4. The third-order valence-corrected chi connectivity index (χ3v) is 6.08. The molecule has 0 bridgehead atoms. The Morgan fingerprint density at radius 3 is 2.50 bits per heavy atom. The molecule has 0 N–H and O–H groups in total. The van der Waals surface area contributed by atoms with Crippen molar-refractivity contribution in [1.29, 1.82) is 0 Å². The second kappa shape index (κ2) is 10.4. The van der Waals surface area contributed by atoms with Gasteiger partial charge in [-0.3, -0.25) is 19.0 Å². The second-order valence-corrected chi connectivity index (χ2v) is 10.1. The molecule has 1 aromatic heterocycles. The maximum absolute atomic E-state index is 14.3. The van der Waals surface area contributed by atoms with Crippen LogP contribution in [0.15, 0.2) is 35.1 Å². The molecule has 0 fully saturated rings. The Labute approximate surface area is 196 Å². The summed E-state index contributed by atoms with van der Waals surface area (Å²) < 4.78 is 16.0. The van der Waals surface area contributed by atoms with Crippen LogP contribution in [-0.4, -0.2) is 34.2 Å². The molecule has 1 amide bonds. The van der Waals surface area contributed by atoms with Crippen LogP contribution in [0, 0.1) is 11.2 Å². The Bertz CT molecular complexity index is 1200. The number of halogens is 2. The van der Waals surface area contributed by atoms with Gasteiger partial charge in [-0.25, -0.2) is 4.39 Å². The third-order valence-electron chi connectivity index (χ3n) is 4.69. The van der Waals surface area contributed by atoms with E-state index in [-0.39, 0.29) is 33.4 Å². The van der Waals surface area contributed by atoms with Crippen LogP contribution in [0.4, 0.5) is 4.39 Å². The standard InChI is InChI=1S/C24H28ClFN2O3S/c1-7-27(13-15(2)3)21(30)14-28-22(12-20(29)24(4,5)6)32-19(23(28)31)11-16-17(25)9-8-10-18(16)26/h8-12H,2,7,13-14H2,1,3-6H3/b19-11+,22-12-. The number of amides is 1. The van der Waals surface area contributed by atoms with E-state index in [2.05, 4.69) is 6.58 Å². The van der Waals surface area contributed by atoms with E-state index in [1.165, 1.54) is 34.9 Å². The first-order valence-corrected chi connectivity index (χ1v) is 11.4. The van der Waals surface area contributed by atoms with Gasteiger partial charge in [-0.15, -0.1) is 11.3 Å². The molecule has 1 aromatic carbocycles. The number of benzene rings is 1. The number of ketones is 1. The summed E-state index contributed by atoms with van der Waals surface area (Å²) in [6.45, 7) is 13.4. The van der Waals surface area contributed by atoms with Gasteiger partial charge in [0.15, 0.2) is 5.78 Å². The molecule has 32 heavy (non-hydrogen) atoms. The summed E-state index contributed by atoms with van der Waals surface area (Å²) in [5.41, 5.74) is -0.252. The van der Waals surface area contributed by atoms with Gasteiger partial charge in [-0.2, -0.15) is 0 Å². The highest BCUT2D eigenvalue weighted by Crippen LogP contribution is 2.19.